The van der Waals surface area contributed by atoms with Gasteiger partial charge >= 0.3 is 29.6 Å². The van der Waals surface area contributed by atoms with Crippen LogP contribution in [0.3, 0.4) is 0 Å². The molecule has 0 saturated heterocycles. The second-order valence-corrected chi connectivity index (χ2v) is 8.88. The molecule has 0 aliphatic rings. The second-order valence-electron chi connectivity index (χ2n) is 7.23. The first kappa shape index (κ1) is 28.1. The van der Waals surface area contributed by atoms with Crippen molar-refractivity contribution in [2.24, 2.45) is 0 Å². The summed E-state index contributed by atoms with van der Waals surface area (Å²) in [5, 5.41) is 8.36. The van der Waals surface area contributed by atoms with Gasteiger partial charge in [-0.2, -0.15) is 0 Å². The molecule has 0 aliphatic carbocycles. The van der Waals surface area contributed by atoms with Crippen molar-refractivity contribution >= 4 is 10.1 Å². The van der Waals surface area contributed by atoms with E-state index in [1.165, 1.54) is 71.1 Å². The first-order chi connectivity index (χ1) is 11.4. The second kappa shape index (κ2) is 18.2. The maximum absolute atomic E-state index is 11.1. The van der Waals surface area contributed by atoms with Crippen LogP contribution in [0.5, 0.6) is 0 Å². The van der Waals surface area contributed by atoms with E-state index in [4.69, 9.17) is 0 Å². The zero-order valence-electron chi connectivity index (χ0n) is 16.8. The van der Waals surface area contributed by atoms with Gasteiger partial charge in [0.1, 0.15) is 0 Å². The van der Waals surface area contributed by atoms with Crippen LogP contribution >= 0.6 is 0 Å². The molecule has 0 spiro atoms. The minimum absolute atomic E-state index is 0. The molecule has 0 aromatic carbocycles. The van der Waals surface area contributed by atoms with Crippen molar-refractivity contribution in [2.45, 2.75) is 122 Å². The first-order valence-electron chi connectivity index (χ1n) is 10.0. The molecule has 0 amide bonds. The number of aliphatic hydroxyl groups excluding tert-OH is 1. The van der Waals surface area contributed by atoms with Crippen molar-refractivity contribution in [2.75, 3.05) is 0 Å². The molecule has 0 aromatic heterocycles. The number of hydrogen-bond acceptors (Lipinski definition) is 4. The zero-order chi connectivity index (χ0) is 18.3. The van der Waals surface area contributed by atoms with E-state index in [9.17, 15) is 18.1 Å². The summed E-state index contributed by atoms with van der Waals surface area (Å²) < 4.78 is 33.4. The van der Waals surface area contributed by atoms with Crippen molar-refractivity contribution in [1.29, 1.82) is 0 Å². The predicted octanol–water partition coefficient (Wildman–Crippen LogP) is 2.16. The maximum atomic E-state index is 11.1. The Kier molecular flexibility index (Phi) is 20.5. The molecule has 0 heterocycles. The smallest absolute Gasteiger partial charge is 0.748 e. The van der Waals surface area contributed by atoms with E-state index >= 15 is 0 Å². The molecule has 0 rings (SSSR count). The van der Waals surface area contributed by atoms with Crippen molar-refractivity contribution in [3.05, 3.63) is 0 Å². The van der Waals surface area contributed by atoms with Crippen LogP contribution in [0.15, 0.2) is 0 Å². The Labute approximate surface area is 178 Å². The molecule has 2 unspecified atom stereocenters. The zero-order valence-corrected chi connectivity index (χ0v) is 19.7. The third kappa shape index (κ3) is 19.4. The van der Waals surface area contributed by atoms with Gasteiger partial charge in [-0.05, 0) is 19.8 Å². The molecule has 25 heavy (non-hydrogen) atoms. The van der Waals surface area contributed by atoms with Gasteiger partial charge < -0.3 is 9.66 Å². The molecule has 146 valence electrons. The summed E-state index contributed by atoms with van der Waals surface area (Å²) in [7, 11) is -4.29. The number of hydrogen-bond donors (Lipinski definition) is 1. The quantitative estimate of drug-likeness (QED) is 0.236. The molecule has 0 fully saturated rings. The van der Waals surface area contributed by atoms with Gasteiger partial charge in [-0.15, -0.1) is 0 Å². The molecule has 6 heteroatoms. The molecule has 1 N–H and O–H groups in total. The Balaban J connectivity index is 0. The standard InChI is InChI=1S/C19H40O4S.Na/c1-3-4-5-6-7-8-9-10-11-12-13-14-15-16-19(17-18(2)20)24(21,22)23;/h18-20H,3-17H2,1-2H3,(H,21,22,23);/q;+1/p-1. The van der Waals surface area contributed by atoms with E-state index in [1.54, 1.807) is 0 Å². The van der Waals surface area contributed by atoms with Crippen LogP contribution in [-0.2, 0) is 10.1 Å². The summed E-state index contributed by atoms with van der Waals surface area (Å²) in [5.41, 5.74) is 0. The van der Waals surface area contributed by atoms with Crippen LogP contribution in [-0.4, -0.2) is 29.4 Å². The van der Waals surface area contributed by atoms with Crippen LogP contribution in [0.1, 0.15) is 110 Å². The molecule has 2 atom stereocenters. The van der Waals surface area contributed by atoms with E-state index in [1.807, 2.05) is 0 Å². The first-order valence-corrected chi connectivity index (χ1v) is 11.5. The maximum Gasteiger partial charge on any atom is 1.00 e. The summed E-state index contributed by atoms with van der Waals surface area (Å²) in [6.07, 6.45) is 15.8. The summed E-state index contributed by atoms with van der Waals surface area (Å²) in [5.74, 6) is 0. The molecule has 0 radical (unpaired) electrons. The Morgan fingerprint density at radius 1 is 0.800 bits per heavy atom. The Morgan fingerprint density at radius 3 is 1.48 bits per heavy atom. The number of aliphatic hydroxyl groups is 1. The fraction of sp³-hybridized carbons (Fsp3) is 1.00. The summed E-state index contributed by atoms with van der Waals surface area (Å²) in [4.78, 5) is 0. The topological polar surface area (TPSA) is 77.4 Å². The summed E-state index contributed by atoms with van der Waals surface area (Å²) in [6, 6.07) is 0. The van der Waals surface area contributed by atoms with Crippen molar-refractivity contribution in [3.8, 4) is 0 Å². The molecule has 0 saturated carbocycles. The van der Waals surface area contributed by atoms with Crippen molar-refractivity contribution < 1.29 is 47.6 Å². The van der Waals surface area contributed by atoms with Gasteiger partial charge in [-0.25, -0.2) is 8.42 Å². The summed E-state index contributed by atoms with van der Waals surface area (Å²) in [6.45, 7) is 3.77. The van der Waals surface area contributed by atoms with E-state index in [2.05, 4.69) is 6.92 Å². The van der Waals surface area contributed by atoms with Gasteiger partial charge in [-0.3, -0.25) is 0 Å². The third-order valence-corrected chi connectivity index (χ3v) is 5.89. The minimum Gasteiger partial charge on any atom is -0.748 e. The fourth-order valence-electron chi connectivity index (χ4n) is 3.15. The average molecular weight is 387 g/mol. The largest absolute Gasteiger partial charge is 1.00 e. The van der Waals surface area contributed by atoms with Gasteiger partial charge in [0.25, 0.3) is 0 Å². The van der Waals surface area contributed by atoms with Crippen LogP contribution in [0.4, 0.5) is 0 Å². The average Bonchev–Trinajstić information content (AvgIpc) is 2.49. The Morgan fingerprint density at radius 2 is 1.16 bits per heavy atom. The Hall–Kier alpha value is 0.870. The predicted molar refractivity (Wildman–Crippen MR) is 100 cm³/mol. The van der Waals surface area contributed by atoms with Gasteiger partial charge in [0, 0.05) is 0 Å². The van der Waals surface area contributed by atoms with E-state index in [0.29, 0.717) is 6.42 Å². The molecular weight excluding hydrogens is 347 g/mol. The fourth-order valence-corrected chi connectivity index (χ4v) is 4.12. The SMILES string of the molecule is CCCCCCCCCCCCCCCC(CC(C)O)S(=O)(=O)[O-].[Na+]. The number of rotatable bonds is 17. The normalized spacial score (nSPS) is 14.1. The summed E-state index contributed by atoms with van der Waals surface area (Å²) >= 11 is 0. The van der Waals surface area contributed by atoms with Crippen molar-refractivity contribution in [3.63, 3.8) is 0 Å². The monoisotopic (exact) mass is 386 g/mol. The van der Waals surface area contributed by atoms with Crippen LogP contribution < -0.4 is 29.6 Å². The molecule has 0 aliphatic heterocycles. The van der Waals surface area contributed by atoms with Gasteiger partial charge in [0.15, 0.2) is 0 Å². The van der Waals surface area contributed by atoms with Crippen LogP contribution in [0, 0.1) is 0 Å². The Bertz CT molecular complexity index is 372. The van der Waals surface area contributed by atoms with Gasteiger partial charge in [0.05, 0.1) is 21.5 Å². The van der Waals surface area contributed by atoms with E-state index < -0.39 is 21.5 Å². The van der Waals surface area contributed by atoms with Gasteiger partial charge in [0.2, 0.25) is 0 Å². The third-order valence-electron chi connectivity index (χ3n) is 4.64. The van der Waals surface area contributed by atoms with Crippen molar-refractivity contribution in [1.82, 2.24) is 0 Å². The van der Waals surface area contributed by atoms with E-state index in [-0.39, 0.29) is 36.0 Å². The molecular formula is C19H39NaO4S. The molecule has 4 nitrogen and oxygen atoms in total. The van der Waals surface area contributed by atoms with Gasteiger partial charge in [-0.1, -0.05) is 90.4 Å². The molecule has 0 aromatic rings. The van der Waals surface area contributed by atoms with Crippen LogP contribution in [0.2, 0.25) is 0 Å². The molecule has 0 bridgehead atoms. The van der Waals surface area contributed by atoms with Crippen LogP contribution in [0.25, 0.3) is 0 Å². The van der Waals surface area contributed by atoms with E-state index in [0.717, 1.165) is 19.3 Å². The minimum atomic E-state index is -4.29. The number of unbranched alkanes of at least 4 members (excludes halogenated alkanes) is 12.